The fourth-order valence-corrected chi connectivity index (χ4v) is 2.67. The second-order valence-corrected chi connectivity index (χ2v) is 4.74. The van der Waals surface area contributed by atoms with Gasteiger partial charge in [0.15, 0.2) is 0 Å². The first kappa shape index (κ1) is 9.22. The molecule has 15 heavy (non-hydrogen) atoms. The number of anilines is 1. The third-order valence-electron chi connectivity index (χ3n) is 3.44. The lowest BCUT2D eigenvalue weighted by atomic mass is 9.71. The summed E-state index contributed by atoms with van der Waals surface area (Å²) in [5.41, 5.74) is 1.07. The van der Waals surface area contributed by atoms with Gasteiger partial charge in [-0.1, -0.05) is 23.8 Å². The first-order valence-corrected chi connectivity index (χ1v) is 5.75. The van der Waals surface area contributed by atoms with Crippen molar-refractivity contribution in [2.45, 2.75) is 18.9 Å². The maximum atomic E-state index is 5.74. The molecule has 0 spiro atoms. The second kappa shape index (κ2) is 3.53. The van der Waals surface area contributed by atoms with Crippen LogP contribution in [0.4, 0.5) is 5.69 Å². The van der Waals surface area contributed by atoms with Gasteiger partial charge in [-0.3, -0.25) is 0 Å². The van der Waals surface area contributed by atoms with Gasteiger partial charge in [0, 0.05) is 12.0 Å². The predicted octanol–water partition coefficient (Wildman–Crippen LogP) is 3.11. The standard InChI is InChI=1S/C12H13ClN2/c13-12-5-4-9(7-14-12)15-11-6-8-2-1-3-10(8)11/h1,3-5,7-8,10-11,15H,2,6H2. The number of pyridine rings is 1. The zero-order chi connectivity index (χ0) is 10.3. The van der Waals surface area contributed by atoms with Crippen LogP contribution >= 0.6 is 11.6 Å². The topological polar surface area (TPSA) is 24.9 Å². The zero-order valence-corrected chi connectivity index (χ0v) is 9.11. The van der Waals surface area contributed by atoms with Gasteiger partial charge in [0.2, 0.25) is 0 Å². The molecule has 0 saturated heterocycles. The van der Waals surface area contributed by atoms with E-state index in [0.717, 1.165) is 17.5 Å². The van der Waals surface area contributed by atoms with Gasteiger partial charge in [-0.2, -0.15) is 0 Å². The molecular formula is C12H13ClN2. The predicted molar refractivity (Wildman–Crippen MR) is 62.0 cm³/mol. The van der Waals surface area contributed by atoms with Crippen molar-refractivity contribution in [2.75, 3.05) is 5.32 Å². The summed E-state index contributed by atoms with van der Waals surface area (Å²) in [6.45, 7) is 0. The summed E-state index contributed by atoms with van der Waals surface area (Å²) >= 11 is 5.74. The molecule has 0 aliphatic heterocycles. The Labute approximate surface area is 94.4 Å². The van der Waals surface area contributed by atoms with Gasteiger partial charge >= 0.3 is 0 Å². The van der Waals surface area contributed by atoms with Crippen molar-refractivity contribution < 1.29 is 0 Å². The largest absolute Gasteiger partial charge is 0.380 e. The minimum absolute atomic E-state index is 0.549. The van der Waals surface area contributed by atoms with Crippen LogP contribution in [0.5, 0.6) is 0 Å². The minimum Gasteiger partial charge on any atom is -0.380 e. The van der Waals surface area contributed by atoms with Crippen molar-refractivity contribution in [1.82, 2.24) is 4.98 Å². The first-order valence-electron chi connectivity index (χ1n) is 5.38. The molecule has 0 radical (unpaired) electrons. The normalized spacial score (nSPS) is 32.2. The number of hydrogen-bond acceptors (Lipinski definition) is 2. The molecule has 1 fully saturated rings. The average Bonchev–Trinajstić information content (AvgIpc) is 2.59. The number of rotatable bonds is 2. The van der Waals surface area contributed by atoms with Gasteiger partial charge in [-0.25, -0.2) is 4.98 Å². The highest BCUT2D eigenvalue weighted by Gasteiger charge is 2.40. The van der Waals surface area contributed by atoms with Gasteiger partial charge in [-0.15, -0.1) is 0 Å². The molecule has 1 aromatic rings. The lowest BCUT2D eigenvalue weighted by Gasteiger charge is -2.41. The highest BCUT2D eigenvalue weighted by molar-refractivity contribution is 6.29. The summed E-state index contributed by atoms with van der Waals surface area (Å²) in [7, 11) is 0. The van der Waals surface area contributed by atoms with E-state index in [0.29, 0.717) is 11.2 Å². The summed E-state index contributed by atoms with van der Waals surface area (Å²) in [5, 5.41) is 4.05. The van der Waals surface area contributed by atoms with E-state index < -0.39 is 0 Å². The summed E-state index contributed by atoms with van der Waals surface area (Å²) in [4.78, 5) is 4.06. The number of allylic oxidation sites excluding steroid dienone is 1. The van der Waals surface area contributed by atoms with Crippen molar-refractivity contribution >= 4 is 17.3 Å². The summed E-state index contributed by atoms with van der Waals surface area (Å²) < 4.78 is 0. The fraction of sp³-hybridized carbons (Fsp3) is 0.417. The van der Waals surface area contributed by atoms with E-state index in [9.17, 15) is 0 Å². The van der Waals surface area contributed by atoms with Crippen molar-refractivity contribution in [3.05, 3.63) is 35.6 Å². The number of aromatic nitrogens is 1. The van der Waals surface area contributed by atoms with E-state index in [1.807, 2.05) is 12.1 Å². The van der Waals surface area contributed by atoms with E-state index in [4.69, 9.17) is 11.6 Å². The lowest BCUT2D eigenvalue weighted by Crippen LogP contribution is -2.43. The van der Waals surface area contributed by atoms with Crippen LogP contribution in [0.2, 0.25) is 5.15 Å². The third kappa shape index (κ3) is 1.63. The van der Waals surface area contributed by atoms with Gasteiger partial charge in [0.05, 0.1) is 11.9 Å². The lowest BCUT2D eigenvalue weighted by molar-refractivity contribution is 0.218. The quantitative estimate of drug-likeness (QED) is 0.612. The van der Waals surface area contributed by atoms with Crippen LogP contribution in [0.3, 0.4) is 0 Å². The molecule has 2 nitrogen and oxygen atoms in total. The molecular weight excluding hydrogens is 208 g/mol. The van der Waals surface area contributed by atoms with Gasteiger partial charge in [0.1, 0.15) is 5.15 Å². The van der Waals surface area contributed by atoms with E-state index in [2.05, 4.69) is 22.5 Å². The Morgan fingerprint density at radius 1 is 1.40 bits per heavy atom. The Morgan fingerprint density at radius 3 is 3.07 bits per heavy atom. The summed E-state index contributed by atoms with van der Waals surface area (Å²) in [6, 6.07) is 4.41. The molecule has 0 amide bonds. The molecule has 1 saturated carbocycles. The van der Waals surface area contributed by atoms with E-state index in [-0.39, 0.29) is 0 Å². The molecule has 2 aliphatic rings. The molecule has 78 valence electrons. The van der Waals surface area contributed by atoms with Crippen LogP contribution < -0.4 is 5.32 Å². The van der Waals surface area contributed by atoms with Crippen LogP contribution in [-0.2, 0) is 0 Å². The molecule has 3 atom stereocenters. The Morgan fingerprint density at radius 2 is 2.33 bits per heavy atom. The first-order chi connectivity index (χ1) is 7.33. The van der Waals surface area contributed by atoms with E-state index >= 15 is 0 Å². The van der Waals surface area contributed by atoms with Gasteiger partial charge in [-0.05, 0) is 30.9 Å². The zero-order valence-electron chi connectivity index (χ0n) is 8.36. The highest BCUT2D eigenvalue weighted by Crippen LogP contribution is 2.43. The van der Waals surface area contributed by atoms with Crippen LogP contribution in [0.25, 0.3) is 0 Å². The fourth-order valence-electron chi connectivity index (χ4n) is 2.56. The van der Waals surface area contributed by atoms with Crippen molar-refractivity contribution in [2.24, 2.45) is 11.8 Å². The minimum atomic E-state index is 0.549. The van der Waals surface area contributed by atoms with E-state index in [1.165, 1.54) is 12.8 Å². The maximum Gasteiger partial charge on any atom is 0.129 e. The maximum absolute atomic E-state index is 5.74. The smallest absolute Gasteiger partial charge is 0.129 e. The van der Waals surface area contributed by atoms with Crippen molar-refractivity contribution in [1.29, 1.82) is 0 Å². The van der Waals surface area contributed by atoms with Crippen LogP contribution in [0.1, 0.15) is 12.8 Å². The molecule has 3 heteroatoms. The Kier molecular flexibility index (Phi) is 2.17. The second-order valence-electron chi connectivity index (χ2n) is 4.36. The van der Waals surface area contributed by atoms with Gasteiger partial charge in [0.25, 0.3) is 0 Å². The van der Waals surface area contributed by atoms with Crippen molar-refractivity contribution in [3.63, 3.8) is 0 Å². The molecule has 3 unspecified atom stereocenters. The molecule has 2 aliphatic carbocycles. The molecule has 1 aromatic heterocycles. The molecule has 3 rings (SSSR count). The van der Waals surface area contributed by atoms with Crippen molar-refractivity contribution in [3.8, 4) is 0 Å². The monoisotopic (exact) mass is 220 g/mol. The number of fused-ring (bicyclic) bond motifs is 1. The van der Waals surface area contributed by atoms with E-state index in [1.54, 1.807) is 6.20 Å². The van der Waals surface area contributed by atoms with Gasteiger partial charge < -0.3 is 5.32 Å². The summed E-state index contributed by atoms with van der Waals surface area (Å²) in [5.74, 6) is 1.63. The molecule has 1 heterocycles. The highest BCUT2D eigenvalue weighted by atomic mass is 35.5. The molecule has 0 bridgehead atoms. The third-order valence-corrected chi connectivity index (χ3v) is 3.67. The number of nitrogens with zero attached hydrogens (tertiary/aromatic N) is 1. The number of nitrogens with one attached hydrogen (secondary N) is 1. The molecule has 1 N–H and O–H groups in total. The Bertz CT molecular complexity index is 385. The van der Waals surface area contributed by atoms with Crippen LogP contribution in [0, 0.1) is 11.8 Å². The number of hydrogen-bond donors (Lipinski definition) is 1. The molecule has 0 aromatic carbocycles. The van der Waals surface area contributed by atoms with Crippen LogP contribution in [-0.4, -0.2) is 11.0 Å². The number of halogens is 1. The SMILES string of the molecule is Clc1ccc(NC2CC3CC=CC32)cn1. The summed E-state index contributed by atoms with van der Waals surface area (Å²) in [6.07, 6.45) is 8.99. The Hall–Kier alpha value is -1.02. The average molecular weight is 221 g/mol. The Balaban J connectivity index is 1.66. The van der Waals surface area contributed by atoms with Crippen LogP contribution in [0.15, 0.2) is 30.5 Å².